The summed E-state index contributed by atoms with van der Waals surface area (Å²) < 4.78 is 46.8. The highest BCUT2D eigenvalue weighted by Gasteiger charge is 2.16. The van der Waals surface area contributed by atoms with Crippen LogP contribution in [0.1, 0.15) is 31.7 Å². The van der Waals surface area contributed by atoms with E-state index in [2.05, 4.69) is 20.4 Å². The molecule has 1 aliphatic rings. The van der Waals surface area contributed by atoms with Gasteiger partial charge in [0.05, 0.1) is 6.61 Å². The smallest absolute Gasteiger partial charge is 0.387 e. The number of aliphatic imine (C=N–C) groups is 1. The summed E-state index contributed by atoms with van der Waals surface area (Å²) in [5, 5.41) is 6.31. The van der Waals surface area contributed by atoms with E-state index in [1.165, 1.54) is 0 Å². The molecule has 31 heavy (non-hydrogen) atoms. The molecule has 0 amide bonds. The monoisotopic (exact) mass is 557 g/mol. The van der Waals surface area contributed by atoms with Gasteiger partial charge in [-0.1, -0.05) is 12.1 Å². The third kappa shape index (κ3) is 10.6. The van der Waals surface area contributed by atoms with E-state index in [0.29, 0.717) is 42.9 Å². The number of guanidine groups is 1. The Hall–Kier alpha value is -1.40. The second kappa shape index (κ2) is 16.3. The first-order chi connectivity index (χ1) is 14.6. The van der Waals surface area contributed by atoms with Crippen LogP contribution in [0.2, 0.25) is 0 Å². The predicted octanol–water partition coefficient (Wildman–Crippen LogP) is 3.80. The van der Waals surface area contributed by atoms with Gasteiger partial charge in [-0.25, -0.2) is 0 Å². The zero-order valence-corrected chi connectivity index (χ0v) is 20.5. The van der Waals surface area contributed by atoms with Crippen LogP contribution in [0.5, 0.6) is 11.5 Å². The molecule has 0 atom stereocenters. The van der Waals surface area contributed by atoms with Crippen molar-refractivity contribution >= 4 is 29.9 Å². The number of benzene rings is 1. The molecule has 0 aliphatic carbocycles. The van der Waals surface area contributed by atoms with Gasteiger partial charge in [0.1, 0.15) is 0 Å². The first-order valence-electron chi connectivity index (χ1n) is 10.4. The number of halogens is 3. The Balaban J connectivity index is 0.00000480. The molecular formula is C21H34F2IN3O4. The van der Waals surface area contributed by atoms with Crippen molar-refractivity contribution in [2.24, 2.45) is 10.9 Å². The van der Waals surface area contributed by atoms with E-state index in [1.54, 1.807) is 32.2 Å². The number of hydrogen-bond acceptors (Lipinski definition) is 5. The molecule has 1 aromatic carbocycles. The van der Waals surface area contributed by atoms with Crippen LogP contribution in [-0.4, -0.2) is 59.2 Å². The van der Waals surface area contributed by atoms with Crippen molar-refractivity contribution in [1.82, 2.24) is 10.6 Å². The van der Waals surface area contributed by atoms with Crippen molar-refractivity contribution in [3.05, 3.63) is 23.8 Å². The number of rotatable bonds is 12. The van der Waals surface area contributed by atoms with Crippen LogP contribution in [0, 0.1) is 5.92 Å². The second-order valence-electron chi connectivity index (χ2n) is 6.89. The third-order valence-corrected chi connectivity index (χ3v) is 4.69. The minimum absolute atomic E-state index is 0. The van der Waals surface area contributed by atoms with Crippen LogP contribution in [0.4, 0.5) is 8.78 Å². The summed E-state index contributed by atoms with van der Waals surface area (Å²) in [5.41, 5.74) is 0.559. The average molecular weight is 557 g/mol. The van der Waals surface area contributed by atoms with Gasteiger partial charge in [0, 0.05) is 52.1 Å². The molecule has 2 N–H and O–H groups in total. The topological polar surface area (TPSA) is 73.3 Å². The van der Waals surface area contributed by atoms with E-state index in [1.807, 2.05) is 0 Å². The molecule has 7 nitrogen and oxygen atoms in total. The molecule has 1 aliphatic heterocycles. The summed E-state index contributed by atoms with van der Waals surface area (Å²) in [4.78, 5) is 4.16. The Morgan fingerprint density at radius 1 is 1.26 bits per heavy atom. The van der Waals surface area contributed by atoms with Gasteiger partial charge in [0.15, 0.2) is 17.5 Å². The van der Waals surface area contributed by atoms with Gasteiger partial charge in [-0.15, -0.1) is 24.0 Å². The Morgan fingerprint density at radius 2 is 2.03 bits per heavy atom. The summed E-state index contributed by atoms with van der Waals surface area (Å²) in [5.74, 6) is 1.50. The van der Waals surface area contributed by atoms with Gasteiger partial charge < -0.3 is 29.6 Å². The molecule has 0 radical (unpaired) electrons. The Morgan fingerprint density at radius 3 is 2.71 bits per heavy atom. The molecule has 0 unspecified atom stereocenters. The van der Waals surface area contributed by atoms with Gasteiger partial charge in [-0.05, 0) is 38.2 Å². The summed E-state index contributed by atoms with van der Waals surface area (Å²) >= 11 is 0. The van der Waals surface area contributed by atoms with Gasteiger partial charge in [0.2, 0.25) is 0 Å². The van der Waals surface area contributed by atoms with E-state index in [4.69, 9.17) is 14.2 Å². The molecule has 1 aromatic rings. The number of hydrogen-bond donors (Lipinski definition) is 2. The van der Waals surface area contributed by atoms with Gasteiger partial charge in [-0.3, -0.25) is 4.99 Å². The van der Waals surface area contributed by atoms with Crippen LogP contribution in [0.3, 0.4) is 0 Å². The average Bonchev–Trinajstić information content (AvgIpc) is 2.75. The van der Waals surface area contributed by atoms with Crippen molar-refractivity contribution < 1.29 is 27.7 Å². The lowest BCUT2D eigenvalue weighted by Crippen LogP contribution is -2.37. The first-order valence-corrected chi connectivity index (χ1v) is 10.4. The first kappa shape index (κ1) is 27.6. The van der Waals surface area contributed by atoms with Gasteiger partial charge in [-0.2, -0.15) is 8.78 Å². The molecule has 1 fully saturated rings. The van der Waals surface area contributed by atoms with Crippen molar-refractivity contribution in [3.63, 3.8) is 0 Å². The summed E-state index contributed by atoms with van der Waals surface area (Å²) in [6, 6.07) is 5.06. The van der Waals surface area contributed by atoms with E-state index < -0.39 is 6.61 Å². The fourth-order valence-electron chi connectivity index (χ4n) is 3.14. The summed E-state index contributed by atoms with van der Waals surface area (Å²) in [7, 11) is 1.66. The summed E-state index contributed by atoms with van der Waals surface area (Å²) in [6.45, 7) is 3.28. The van der Waals surface area contributed by atoms with Gasteiger partial charge >= 0.3 is 6.61 Å². The van der Waals surface area contributed by atoms with E-state index >= 15 is 0 Å². The zero-order chi connectivity index (χ0) is 21.6. The SMILES string of the molecule is CCOc1cccc(CNC(=NC)NCCCOCC2CCOCC2)c1OC(F)F.I. The fraction of sp³-hybridized carbons (Fsp3) is 0.667. The number of alkyl halides is 2. The highest BCUT2D eigenvalue weighted by molar-refractivity contribution is 14.0. The van der Waals surface area contributed by atoms with E-state index in [0.717, 1.165) is 39.1 Å². The minimum atomic E-state index is -2.93. The van der Waals surface area contributed by atoms with Gasteiger partial charge in [0.25, 0.3) is 0 Å². The van der Waals surface area contributed by atoms with Crippen LogP contribution < -0.4 is 20.1 Å². The second-order valence-corrected chi connectivity index (χ2v) is 6.89. The number of nitrogens with zero attached hydrogens (tertiary/aromatic N) is 1. The molecular weight excluding hydrogens is 523 g/mol. The molecule has 1 saturated heterocycles. The zero-order valence-electron chi connectivity index (χ0n) is 18.2. The van der Waals surface area contributed by atoms with Crippen molar-refractivity contribution in [3.8, 4) is 11.5 Å². The van der Waals surface area contributed by atoms with Crippen LogP contribution in [-0.2, 0) is 16.0 Å². The molecule has 0 bridgehead atoms. The Kier molecular flexibility index (Phi) is 14.5. The normalized spacial score (nSPS) is 14.8. The molecule has 1 heterocycles. The maximum absolute atomic E-state index is 12.8. The lowest BCUT2D eigenvalue weighted by atomic mass is 10.0. The Bertz CT molecular complexity index is 647. The molecule has 2 rings (SSSR count). The number of ether oxygens (including phenoxy) is 4. The lowest BCUT2D eigenvalue weighted by molar-refractivity contribution is -0.0520. The lowest BCUT2D eigenvalue weighted by Gasteiger charge is -2.21. The van der Waals surface area contributed by atoms with Crippen molar-refractivity contribution in [2.45, 2.75) is 39.3 Å². The standard InChI is InChI=1S/C21H33F2N3O4.HI/c1-3-29-18-7-4-6-17(19(18)30-20(22)23)14-26-21(24-2)25-10-5-11-28-15-16-8-12-27-13-9-16;/h4,6-7,16,20H,3,5,8-15H2,1-2H3,(H2,24,25,26);1H. The van der Waals surface area contributed by atoms with Crippen molar-refractivity contribution in [1.29, 1.82) is 0 Å². The number of para-hydroxylation sites is 1. The molecule has 0 saturated carbocycles. The van der Waals surface area contributed by atoms with Crippen LogP contribution in [0.25, 0.3) is 0 Å². The fourth-order valence-corrected chi connectivity index (χ4v) is 3.14. The van der Waals surface area contributed by atoms with Crippen LogP contribution >= 0.6 is 24.0 Å². The van der Waals surface area contributed by atoms with E-state index in [9.17, 15) is 8.78 Å². The Labute approximate surface area is 200 Å². The quantitative estimate of drug-likeness (QED) is 0.176. The maximum Gasteiger partial charge on any atom is 0.387 e. The third-order valence-electron chi connectivity index (χ3n) is 4.69. The maximum atomic E-state index is 12.8. The highest BCUT2D eigenvalue weighted by Crippen LogP contribution is 2.32. The highest BCUT2D eigenvalue weighted by atomic mass is 127. The molecule has 178 valence electrons. The minimum Gasteiger partial charge on any atom is -0.490 e. The molecule has 0 spiro atoms. The summed E-state index contributed by atoms with van der Waals surface area (Å²) in [6.07, 6.45) is 2.97. The molecule has 10 heteroatoms. The largest absolute Gasteiger partial charge is 0.490 e. The molecule has 0 aromatic heterocycles. The van der Waals surface area contributed by atoms with Crippen LogP contribution in [0.15, 0.2) is 23.2 Å². The van der Waals surface area contributed by atoms with E-state index in [-0.39, 0.29) is 36.3 Å². The van der Waals surface area contributed by atoms with Crippen molar-refractivity contribution in [2.75, 3.05) is 46.6 Å². The predicted molar refractivity (Wildman–Crippen MR) is 127 cm³/mol. The number of nitrogens with one attached hydrogen (secondary N) is 2.